The number of thioether (sulfide) groups is 1. The molecule has 0 aliphatic carbocycles. The number of amides is 1. The quantitative estimate of drug-likeness (QED) is 0.776. The van der Waals surface area contributed by atoms with Crippen molar-refractivity contribution in [2.45, 2.75) is 22.6 Å². The van der Waals surface area contributed by atoms with Crippen LogP contribution in [0.2, 0.25) is 0 Å². The smallest absolute Gasteiger partial charge is 0.234 e. The molecule has 0 saturated heterocycles. The number of fused-ring (bicyclic) bond motifs is 1. The van der Waals surface area contributed by atoms with E-state index in [1.54, 1.807) is 24.2 Å². The van der Waals surface area contributed by atoms with Crippen molar-refractivity contribution >= 4 is 17.7 Å². The average molecular weight is 346 g/mol. The molecule has 25 heavy (non-hydrogen) atoms. The molecular formula is C21H18N2OS. The Morgan fingerprint density at radius 3 is 2.40 bits per heavy atom. The Labute approximate surface area is 151 Å². The van der Waals surface area contributed by atoms with E-state index in [0.717, 1.165) is 17.5 Å². The standard InChI is InChI=1S/C21H18N2OS/c24-21(19-14-17-8-4-5-9-18(17)25-19)23-20(15-6-2-1-3-7-15)16-10-12-22-13-11-16/h1-13,19-20H,14H2,(H,23,24). The number of nitrogens with one attached hydrogen (secondary N) is 1. The molecular weight excluding hydrogens is 328 g/mol. The van der Waals surface area contributed by atoms with Crippen LogP contribution in [0.3, 0.4) is 0 Å². The van der Waals surface area contributed by atoms with E-state index in [9.17, 15) is 4.79 Å². The zero-order valence-corrected chi connectivity index (χ0v) is 14.4. The Morgan fingerprint density at radius 1 is 0.960 bits per heavy atom. The van der Waals surface area contributed by atoms with Crippen molar-refractivity contribution in [2.75, 3.05) is 0 Å². The Balaban J connectivity index is 1.56. The zero-order chi connectivity index (χ0) is 17.1. The van der Waals surface area contributed by atoms with E-state index in [-0.39, 0.29) is 17.2 Å². The van der Waals surface area contributed by atoms with Crippen LogP contribution in [-0.4, -0.2) is 16.1 Å². The highest BCUT2D eigenvalue weighted by Crippen LogP contribution is 2.37. The molecule has 0 radical (unpaired) electrons. The lowest BCUT2D eigenvalue weighted by Gasteiger charge is -2.21. The zero-order valence-electron chi connectivity index (χ0n) is 13.6. The predicted octanol–water partition coefficient (Wildman–Crippen LogP) is 4.00. The molecule has 1 aliphatic heterocycles. The summed E-state index contributed by atoms with van der Waals surface area (Å²) in [5.74, 6) is 0.0758. The van der Waals surface area contributed by atoms with Crippen molar-refractivity contribution in [1.29, 1.82) is 0 Å². The highest BCUT2D eigenvalue weighted by atomic mass is 32.2. The molecule has 1 N–H and O–H groups in total. The number of pyridine rings is 1. The second-order valence-corrected chi connectivity index (χ2v) is 7.30. The molecule has 0 spiro atoms. The van der Waals surface area contributed by atoms with Gasteiger partial charge in [-0.1, -0.05) is 48.5 Å². The Kier molecular flexibility index (Phi) is 4.53. The summed E-state index contributed by atoms with van der Waals surface area (Å²) >= 11 is 1.65. The average Bonchev–Trinajstić information content (AvgIpc) is 3.12. The second kappa shape index (κ2) is 7.11. The Bertz CT molecular complexity index is 803. The fourth-order valence-electron chi connectivity index (χ4n) is 3.12. The fraction of sp³-hybridized carbons (Fsp3) is 0.143. The van der Waals surface area contributed by atoms with Gasteiger partial charge in [0.15, 0.2) is 0 Å². The number of benzene rings is 2. The first-order chi connectivity index (χ1) is 12.3. The van der Waals surface area contributed by atoms with Crippen LogP contribution in [0, 0.1) is 0 Å². The fourth-order valence-corrected chi connectivity index (χ4v) is 4.33. The van der Waals surface area contributed by atoms with Gasteiger partial charge in [-0.05, 0) is 41.3 Å². The number of carbonyl (C=O) groups excluding carboxylic acids is 1. The third-order valence-electron chi connectivity index (χ3n) is 4.40. The van der Waals surface area contributed by atoms with Crippen molar-refractivity contribution < 1.29 is 4.79 Å². The van der Waals surface area contributed by atoms with Crippen molar-refractivity contribution in [2.24, 2.45) is 0 Å². The van der Waals surface area contributed by atoms with Crippen LogP contribution in [-0.2, 0) is 11.2 Å². The maximum Gasteiger partial charge on any atom is 0.234 e. The largest absolute Gasteiger partial charge is 0.344 e. The maximum atomic E-state index is 12.9. The normalized spacial score (nSPS) is 16.9. The van der Waals surface area contributed by atoms with Crippen LogP contribution in [0.1, 0.15) is 22.7 Å². The van der Waals surface area contributed by atoms with Gasteiger partial charge in [-0.3, -0.25) is 9.78 Å². The minimum Gasteiger partial charge on any atom is -0.344 e. The molecule has 1 aliphatic rings. The van der Waals surface area contributed by atoms with E-state index >= 15 is 0 Å². The van der Waals surface area contributed by atoms with Gasteiger partial charge in [0.05, 0.1) is 11.3 Å². The molecule has 3 aromatic rings. The summed E-state index contributed by atoms with van der Waals surface area (Å²) in [7, 11) is 0. The van der Waals surface area contributed by atoms with Gasteiger partial charge in [0.25, 0.3) is 0 Å². The van der Waals surface area contributed by atoms with Crippen LogP contribution >= 0.6 is 11.8 Å². The first-order valence-corrected chi connectivity index (χ1v) is 9.19. The lowest BCUT2D eigenvalue weighted by molar-refractivity contribution is -0.121. The third kappa shape index (κ3) is 3.44. The topological polar surface area (TPSA) is 42.0 Å². The summed E-state index contributed by atoms with van der Waals surface area (Å²) in [5, 5.41) is 3.16. The van der Waals surface area contributed by atoms with Crippen LogP contribution in [0.15, 0.2) is 84.0 Å². The molecule has 2 heterocycles. The van der Waals surface area contributed by atoms with Crippen molar-refractivity contribution in [3.8, 4) is 0 Å². The second-order valence-electron chi connectivity index (χ2n) is 6.05. The number of aromatic nitrogens is 1. The molecule has 1 amide bonds. The van der Waals surface area contributed by atoms with Gasteiger partial charge in [-0.2, -0.15) is 0 Å². The minimum absolute atomic E-state index is 0.0758. The van der Waals surface area contributed by atoms with Crippen molar-refractivity contribution in [1.82, 2.24) is 10.3 Å². The van der Waals surface area contributed by atoms with Crippen LogP contribution in [0.25, 0.3) is 0 Å². The van der Waals surface area contributed by atoms with Gasteiger partial charge in [0.2, 0.25) is 5.91 Å². The number of nitrogens with zero attached hydrogens (tertiary/aromatic N) is 1. The molecule has 2 atom stereocenters. The summed E-state index contributed by atoms with van der Waals surface area (Å²) in [4.78, 5) is 18.2. The lowest BCUT2D eigenvalue weighted by atomic mass is 9.99. The monoisotopic (exact) mass is 346 g/mol. The van der Waals surface area contributed by atoms with E-state index < -0.39 is 0 Å². The first-order valence-electron chi connectivity index (χ1n) is 8.31. The van der Waals surface area contributed by atoms with Crippen LogP contribution in [0.4, 0.5) is 0 Å². The van der Waals surface area contributed by atoms with Crippen molar-refractivity contribution in [3.63, 3.8) is 0 Å². The maximum absolute atomic E-state index is 12.9. The molecule has 2 unspecified atom stereocenters. The van der Waals surface area contributed by atoms with Gasteiger partial charge in [0, 0.05) is 17.3 Å². The molecule has 1 aromatic heterocycles. The molecule has 124 valence electrons. The summed E-state index contributed by atoms with van der Waals surface area (Å²) in [6.07, 6.45) is 4.31. The van der Waals surface area contributed by atoms with Gasteiger partial charge in [-0.25, -0.2) is 0 Å². The van der Waals surface area contributed by atoms with E-state index in [2.05, 4.69) is 22.4 Å². The minimum atomic E-state index is -0.166. The molecule has 4 heteroatoms. The Hall–Kier alpha value is -2.59. The number of hydrogen-bond donors (Lipinski definition) is 1. The summed E-state index contributed by atoms with van der Waals surface area (Å²) in [6, 6.07) is 22.1. The van der Waals surface area contributed by atoms with Crippen LogP contribution in [0.5, 0.6) is 0 Å². The number of rotatable bonds is 4. The number of hydrogen-bond acceptors (Lipinski definition) is 3. The van der Waals surface area contributed by atoms with Gasteiger partial charge < -0.3 is 5.32 Å². The van der Waals surface area contributed by atoms with E-state index in [1.165, 1.54) is 10.5 Å². The van der Waals surface area contributed by atoms with Crippen LogP contribution < -0.4 is 5.32 Å². The first kappa shape index (κ1) is 15.9. The van der Waals surface area contributed by atoms with E-state index in [4.69, 9.17) is 0 Å². The van der Waals surface area contributed by atoms with Crippen molar-refractivity contribution in [3.05, 3.63) is 95.8 Å². The molecule has 3 nitrogen and oxygen atoms in total. The molecule has 0 fully saturated rings. The lowest BCUT2D eigenvalue weighted by Crippen LogP contribution is -2.36. The third-order valence-corrected chi connectivity index (χ3v) is 5.72. The molecule has 4 rings (SSSR count). The summed E-state index contributed by atoms with van der Waals surface area (Å²) in [6.45, 7) is 0. The highest BCUT2D eigenvalue weighted by Gasteiger charge is 2.29. The SMILES string of the molecule is O=C(NC(c1ccccc1)c1ccncc1)C1Cc2ccccc2S1. The van der Waals surface area contributed by atoms with E-state index in [1.807, 2.05) is 54.6 Å². The molecule has 0 saturated carbocycles. The predicted molar refractivity (Wildman–Crippen MR) is 100 cm³/mol. The van der Waals surface area contributed by atoms with Gasteiger partial charge in [0.1, 0.15) is 0 Å². The summed E-state index contributed by atoms with van der Waals surface area (Å²) in [5.41, 5.74) is 3.37. The van der Waals surface area contributed by atoms with E-state index in [0.29, 0.717) is 0 Å². The Morgan fingerprint density at radius 2 is 1.64 bits per heavy atom. The molecule has 2 aromatic carbocycles. The van der Waals surface area contributed by atoms with Gasteiger partial charge in [-0.15, -0.1) is 11.8 Å². The van der Waals surface area contributed by atoms with Gasteiger partial charge >= 0.3 is 0 Å². The summed E-state index contributed by atoms with van der Waals surface area (Å²) < 4.78 is 0. The highest BCUT2D eigenvalue weighted by molar-refractivity contribution is 8.01. The molecule has 0 bridgehead atoms. The number of carbonyl (C=O) groups is 1.